The Morgan fingerprint density at radius 1 is 1.39 bits per heavy atom. The van der Waals surface area contributed by atoms with Gasteiger partial charge in [0.25, 0.3) is 0 Å². The lowest BCUT2D eigenvalue weighted by Gasteiger charge is -2.37. The number of nitrogens with zero attached hydrogens (tertiary/aromatic N) is 1. The van der Waals surface area contributed by atoms with Crippen molar-refractivity contribution < 1.29 is 9.90 Å². The number of hydrogen-bond acceptors (Lipinski definition) is 3. The van der Waals surface area contributed by atoms with Gasteiger partial charge in [-0.3, -0.25) is 0 Å². The molecule has 23 heavy (non-hydrogen) atoms. The van der Waals surface area contributed by atoms with Crippen molar-refractivity contribution in [3.8, 4) is 0 Å². The number of amides is 2. The predicted molar refractivity (Wildman–Crippen MR) is 93.6 cm³/mol. The molecule has 5 heteroatoms. The molecule has 4 unspecified atom stereocenters. The number of aliphatic hydroxyl groups is 1. The lowest BCUT2D eigenvalue weighted by Crippen LogP contribution is -2.49. The lowest BCUT2D eigenvalue weighted by molar-refractivity contribution is 0.0304. The zero-order chi connectivity index (χ0) is 16.2. The number of carbonyl (C=O) groups is 1. The van der Waals surface area contributed by atoms with Gasteiger partial charge in [0, 0.05) is 23.4 Å². The van der Waals surface area contributed by atoms with E-state index >= 15 is 0 Å². The van der Waals surface area contributed by atoms with Gasteiger partial charge in [-0.2, -0.15) is 0 Å². The molecule has 1 aromatic heterocycles. The van der Waals surface area contributed by atoms with Crippen LogP contribution in [0.4, 0.5) is 4.79 Å². The molecule has 1 aliphatic heterocycles. The van der Waals surface area contributed by atoms with Gasteiger partial charge in [-0.15, -0.1) is 11.3 Å². The fourth-order valence-corrected chi connectivity index (χ4v) is 5.04. The Labute approximate surface area is 142 Å². The van der Waals surface area contributed by atoms with Gasteiger partial charge in [-0.05, 0) is 43.6 Å². The van der Waals surface area contributed by atoms with Crippen LogP contribution in [0.15, 0.2) is 17.5 Å². The van der Waals surface area contributed by atoms with Crippen LogP contribution in [0.25, 0.3) is 0 Å². The number of urea groups is 1. The van der Waals surface area contributed by atoms with Crippen molar-refractivity contribution in [2.45, 2.75) is 70.1 Å². The average molecular weight is 337 g/mol. The highest BCUT2D eigenvalue weighted by Gasteiger charge is 2.39. The standard InChI is InChI=1S/C18H28N2O2S/c1-2-14(17-10-6-12-23-17)19-18(22)20-11-5-8-15(20)13-7-3-4-9-16(13)21/h6,10,12-16,21H,2-5,7-9,11H2,1H3,(H,19,22). The first-order valence-electron chi connectivity index (χ1n) is 8.99. The van der Waals surface area contributed by atoms with E-state index in [0.717, 1.165) is 45.1 Å². The Morgan fingerprint density at radius 2 is 2.22 bits per heavy atom. The summed E-state index contributed by atoms with van der Waals surface area (Å²) in [6.45, 7) is 2.93. The fourth-order valence-electron chi connectivity index (χ4n) is 4.17. The van der Waals surface area contributed by atoms with Gasteiger partial charge in [-0.1, -0.05) is 25.8 Å². The number of carbonyl (C=O) groups excluding carboxylic acids is 1. The molecule has 128 valence electrons. The highest BCUT2D eigenvalue weighted by atomic mass is 32.1. The maximum absolute atomic E-state index is 12.8. The van der Waals surface area contributed by atoms with E-state index in [-0.39, 0.29) is 30.1 Å². The van der Waals surface area contributed by atoms with Crippen molar-refractivity contribution >= 4 is 17.4 Å². The van der Waals surface area contributed by atoms with Crippen LogP contribution in [-0.4, -0.2) is 34.7 Å². The highest BCUT2D eigenvalue weighted by molar-refractivity contribution is 7.10. The Bertz CT molecular complexity index is 505. The zero-order valence-electron chi connectivity index (χ0n) is 13.9. The van der Waals surface area contributed by atoms with Crippen LogP contribution in [0.2, 0.25) is 0 Å². The van der Waals surface area contributed by atoms with Crippen molar-refractivity contribution in [2.75, 3.05) is 6.54 Å². The Hall–Kier alpha value is -1.07. The summed E-state index contributed by atoms with van der Waals surface area (Å²) < 4.78 is 0. The molecule has 1 saturated heterocycles. The molecule has 0 aromatic carbocycles. The molecule has 3 rings (SSSR count). The summed E-state index contributed by atoms with van der Waals surface area (Å²) >= 11 is 1.70. The van der Waals surface area contributed by atoms with Crippen molar-refractivity contribution in [1.29, 1.82) is 0 Å². The van der Waals surface area contributed by atoms with Crippen LogP contribution >= 0.6 is 11.3 Å². The fraction of sp³-hybridized carbons (Fsp3) is 0.722. The Balaban J connectivity index is 1.65. The van der Waals surface area contributed by atoms with E-state index in [1.807, 2.05) is 11.0 Å². The van der Waals surface area contributed by atoms with Crippen molar-refractivity contribution in [3.63, 3.8) is 0 Å². The first kappa shape index (κ1) is 16.8. The summed E-state index contributed by atoms with van der Waals surface area (Å²) in [5.41, 5.74) is 0. The molecular weight excluding hydrogens is 308 g/mol. The molecule has 0 spiro atoms. The summed E-state index contributed by atoms with van der Waals surface area (Å²) in [7, 11) is 0. The van der Waals surface area contributed by atoms with E-state index in [1.54, 1.807) is 11.3 Å². The monoisotopic (exact) mass is 336 g/mol. The maximum Gasteiger partial charge on any atom is 0.318 e. The van der Waals surface area contributed by atoms with Gasteiger partial charge in [0.1, 0.15) is 0 Å². The molecule has 4 nitrogen and oxygen atoms in total. The number of rotatable bonds is 4. The Kier molecular flexibility index (Phi) is 5.59. The number of aliphatic hydroxyl groups excluding tert-OH is 1. The van der Waals surface area contributed by atoms with E-state index < -0.39 is 0 Å². The van der Waals surface area contributed by atoms with Crippen LogP contribution < -0.4 is 5.32 Å². The largest absolute Gasteiger partial charge is 0.393 e. The predicted octanol–water partition coefficient (Wildman–Crippen LogP) is 3.92. The molecule has 2 amide bonds. The molecule has 0 bridgehead atoms. The zero-order valence-corrected chi connectivity index (χ0v) is 14.7. The molecule has 1 aromatic rings. The van der Waals surface area contributed by atoms with E-state index in [0.29, 0.717) is 0 Å². The van der Waals surface area contributed by atoms with Crippen LogP contribution in [0.3, 0.4) is 0 Å². The van der Waals surface area contributed by atoms with Gasteiger partial charge in [0.05, 0.1) is 12.1 Å². The van der Waals surface area contributed by atoms with E-state index in [9.17, 15) is 9.90 Å². The third kappa shape index (κ3) is 3.72. The molecular formula is C18H28N2O2S. The second-order valence-corrected chi connectivity index (χ2v) is 7.82. The van der Waals surface area contributed by atoms with Crippen LogP contribution in [0.1, 0.15) is 62.8 Å². The van der Waals surface area contributed by atoms with Crippen molar-refractivity contribution in [2.24, 2.45) is 5.92 Å². The smallest absolute Gasteiger partial charge is 0.318 e. The van der Waals surface area contributed by atoms with Crippen molar-refractivity contribution in [1.82, 2.24) is 10.2 Å². The van der Waals surface area contributed by atoms with Gasteiger partial charge >= 0.3 is 6.03 Å². The van der Waals surface area contributed by atoms with Gasteiger partial charge in [0.15, 0.2) is 0 Å². The van der Waals surface area contributed by atoms with Crippen molar-refractivity contribution in [3.05, 3.63) is 22.4 Å². The maximum atomic E-state index is 12.8. The summed E-state index contributed by atoms with van der Waals surface area (Å²) in [5, 5.41) is 15.6. The van der Waals surface area contributed by atoms with Gasteiger partial charge < -0.3 is 15.3 Å². The van der Waals surface area contributed by atoms with E-state index in [1.165, 1.54) is 11.3 Å². The van der Waals surface area contributed by atoms with Gasteiger partial charge in [-0.25, -0.2) is 4.79 Å². The number of thiophene rings is 1. The van der Waals surface area contributed by atoms with Crippen LogP contribution in [-0.2, 0) is 0 Å². The molecule has 4 atom stereocenters. The van der Waals surface area contributed by atoms with Crippen LogP contribution in [0, 0.1) is 5.92 Å². The quantitative estimate of drug-likeness (QED) is 0.875. The first-order valence-corrected chi connectivity index (χ1v) is 9.87. The third-order valence-corrected chi connectivity index (χ3v) is 6.41. The highest BCUT2D eigenvalue weighted by Crippen LogP contribution is 2.35. The minimum absolute atomic E-state index is 0.0468. The summed E-state index contributed by atoms with van der Waals surface area (Å²) in [6, 6.07) is 4.48. The molecule has 1 aliphatic carbocycles. The summed E-state index contributed by atoms with van der Waals surface area (Å²) in [4.78, 5) is 16.0. The normalized spacial score (nSPS) is 29.5. The van der Waals surface area contributed by atoms with Crippen LogP contribution in [0.5, 0.6) is 0 Å². The second-order valence-electron chi connectivity index (χ2n) is 6.84. The summed E-state index contributed by atoms with van der Waals surface area (Å²) in [5.74, 6) is 0.263. The molecule has 2 fully saturated rings. The molecule has 2 aliphatic rings. The van der Waals surface area contributed by atoms with E-state index in [2.05, 4.69) is 23.7 Å². The molecule has 2 heterocycles. The second kappa shape index (κ2) is 7.67. The lowest BCUT2D eigenvalue weighted by atomic mass is 9.80. The minimum atomic E-state index is -0.235. The third-order valence-electron chi connectivity index (χ3n) is 5.43. The number of nitrogens with one attached hydrogen (secondary N) is 1. The number of hydrogen-bond donors (Lipinski definition) is 2. The minimum Gasteiger partial charge on any atom is -0.393 e. The SMILES string of the molecule is CCC(NC(=O)N1CCCC1C1CCCCC1O)c1cccs1. The first-order chi connectivity index (χ1) is 11.2. The average Bonchev–Trinajstić information content (AvgIpc) is 3.24. The summed E-state index contributed by atoms with van der Waals surface area (Å²) in [6.07, 6.45) is 6.99. The van der Waals surface area contributed by atoms with E-state index in [4.69, 9.17) is 0 Å². The molecule has 1 saturated carbocycles. The molecule has 2 N–H and O–H groups in total. The number of likely N-dealkylation sites (tertiary alicyclic amines) is 1. The topological polar surface area (TPSA) is 52.6 Å². The van der Waals surface area contributed by atoms with Gasteiger partial charge in [0.2, 0.25) is 0 Å². The Morgan fingerprint density at radius 3 is 2.91 bits per heavy atom. The molecule has 0 radical (unpaired) electrons.